The molecule has 1 atom stereocenters. The zero-order valence-corrected chi connectivity index (χ0v) is 10.4. The predicted molar refractivity (Wildman–Crippen MR) is 62.3 cm³/mol. The third kappa shape index (κ3) is 2.12. The van der Waals surface area contributed by atoms with Gasteiger partial charge in [-0.3, -0.25) is 0 Å². The highest BCUT2D eigenvalue weighted by Gasteiger charge is 2.39. The zero-order chi connectivity index (χ0) is 11.6. The molecule has 2 rings (SSSR count). The molecule has 0 amide bonds. The first-order valence-electron chi connectivity index (χ1n) is 6.20. The van der Waals surface area contributed by atoms with E-state index in [2.05, 4.69) is 36.2 Å². The molecule has 90 valence electrons. The van der Waals surface area contributed by atoms with E-state index in [-0.39, 0.29) is 5.41 Å². The topological polar surface area (TPSA) is 51.0 Å². The van der Waals surface area contributed by atoms with Crippen molar-refractivity contribution in [3.05, 3.63) is 11.7 Å². The van der Waals surface area contributed by atoms with Crippen molar-refractivity contribution in [2.24, 2.45) is 5.92 Å². The summed E-state index contributed by atoms with van der Waals surface area (Å²) in [4.78, 5) is 4.56. The molecule has 1 aliphatic heterocycles. The van der Waals surface area contributed by atoms with Gasteiger partial charge in [-0.15, -0.1) is 0 Å². The highest BCUT2D eigenvalue weighted by molar-refractivity contribution is 5.09. The van der Waals surface area contributed by atoms with Gasteiger partial charge in [-0.2, -0.15) is 4.98 Å². The molecule has 1 unspecified atom stereocenters. The largest absolute Gasteiger partial charge is 0.339 e. The molecular formula is C12H21N3O. The summed E-state index contributed by atoms with van der Waals surface area (Å²) in [5.74, 6) is 2.25. The lowest BCUT2D eigenvalue weighted by atomic mass is 9.84. The number of nitrogens with zero attached hydrogens (tertiary/aromatic N) is 2. The molecule has 4 nitrogen and oxygen atoms in total. The van der Waals surface area contributed by atoms with Crippen LogP contribution in [0.25, 0.3) is 0 Å². The first-order chi connectivity index (χ1) is 7.66. The van der Waals surface area contributed by atoms with E-state index in [9.17, 15) is 0 Å². The van der Waals surface area contributed by atoms with Crippen LogP contribution in [-0.2, 0) is 11.8 Å². The number of aromatic nitrogens is 2. The molecule has 4 heteroatoms. The van der Waals surface area contributed by atoms with Gasteiger partial charge < -0.3 is 9.84 Å². The molecule has 2 heterocycles. The van der Waals surface area contributed by atoms with Gasteiger partial charge >= 0.3 is 0 Å². The SMILES string of the molecule is CCC1(c2nc(CC(C)C)no2)CCNC1. The van der Waals surface area contributed by atoms with Crippen LogP contribution in [0.15, 0.2) is 4.52 Å². The van der Waals surface area contributed by atoms with Gasteiger partial charge in [-0.05, 0) is 25.3 Å². The monoisotopic (exact) mass is 223 g/mol. The van der Waals surface area contributed by atoms with Gasteiger partial charge in [0, 0.05) is 13.0 Å². The maximum atomic E-state index is 5.44. The lowest BCUT2D eigenvalue weighted by Gasteiger charge is -2.20. The van der Waals surface area contributed by atoms with Crippen molar-refractivity contribution < 1.29 is 4.52 Å². The van der Waals surface area contributed by atoms with Crippen LogP contribution < -0.4 is 5.32 Å². The standard InChI is InChI=1S/C12H21N3O/c1-4-12(5-6-13-8-12)11-14-10(15-16-11)7-9(2)3/h9,13H,4-8H2,1-3H3. The smallest absolute Gasteiger partial charge is 0.234 e. The van der Waals surface area contributed by atoms with Gasteiger partial charge in [-0.1, -0.05) is 25.9 Å². The Balaban J connectivity index is 2.16. The average Bonchev–Trinajstić information content (AvgIpc) is 2.85. The molecule has 0 bridgehead atoms. The van der Waals surface area contributed by atoms with Crippen LogP contribution in [0.5, 0.6) is 0 Å². The maximum Gasteiger partial charge on any atom is 0.234 e. The van der Waals surface area contributed by atoms with Gasteiger partial charge in [0.2, 0.25) is 5.89 Å². The van der Waals surface area contributed by atoms with E-state index < -0.39 is 0 Å². The van der Waals surface area contributed by atoms with Crippen molar-refractivity contribution in [1.29, 1.82) is 0 Å². The summed E-state index contributed by atoms with van der Waals surface area (Å²) < 4.78 is 5.44. The first kappa shape index (κ1) is 11.6. The Morgan fingerprint density at radius 2 is 2.31 bits per heavy atom. The summed E-state index contributed by atoms with van der Waals surface area (Å²) in [7, 11) is 0. The maximum absolute atomic E-state index is 5.44. The van der Waals surface area contributed by atoms with Crippen molar-refractivity contribution in [3.8, 4) is 0 Å². The van der Waals surface area contributed by atoms with E-state index in [1.165, 1.54) is 0 Å². The fourth-order valence-corrected chi connectivity index (χ4v) is 2.30. The van der Waals surface area contributed by atoms with Crippen LogP contribution >= 0.6 is 0 Å². The van der Waals surface area contributed by atoms with Crippen molar-refractivity contribution in [2.45, 2.75) is 45.4 Å². The van der Waals surface area contributed by atoms with Gasteiger partial charge in [-0.25, -0.2) is 0 Å². The van der Waals surface area contributed by atoms with Gasteiger partial charge in [0.1, 0.15) is 0 Å². The van der Waals surface area contributed by atoms with Crippen LogP contribution in [0.3, 0.4) is 0 Å². The van der Waals surface area contributed by atoms with Crippen LogP contribution in [0.1, 0.15) is 45.3 Å². The van der Waals surface area contributed by atoms with Gasteiger partial charge in [0.05, 0.1) is 5.41 Å². The van der Waals surface area contributed by atoms with Crippen LogP contribution in [0.4, 0.5) is 0 Å². The molecule has 0 radical (unpaired) electrons. The Bertz CT molecular complexity index is 340. The molecule has 1 aromatic heterocycles. The third-order valence-corrected chi connectivity index (χ3v) is 3.43. The highest BCUT2D eigenvalue weighted by Crippen LogP contribution is 2.32. The first-order valence-corrected chi connectivity index (χ1v) is 6.20. The van der Waals surface area contributed by atoms with E-state index in [1.807, 2.05) is 0 Å². The molecule has 0 spiro atoms. The molecule has 0 aromatic carbocycles. The fraction of sp³-hybridized carbons (Fsp3) is 0.833. The number of hydrogen-bond donors (Lipinski definition) is 1. The zero-order valence-electron chi connectivity index (χ0n) is 10.4. The second-order valence-electron chi connectivity index (χ2n) is 5.17. The van der Waals surface area contributed by atoms with Gasteiger partial charge in [0.25, 0.3) is 0 Å². The van der Waals surface area contributed by atoms with E-state index in [0.29, 0.717) is 5.92 Å². The second kappa shape index (κ2) is 4.53. The lowest BCUT2D eigenvalue weighted by Crippen LogP contribution is -2.28. The van der Waals surface area contributed by atoms with E-state index in [1.54, 1.807) is 0 Å². The summed E-state index contributed by atoms with van der Waals surface area (Å²) in [6, 6.07) is 0. The Labute approximate surface area is 96.8 Å². The van der Waals surface area contributed by atoms with Crippen LogP contribution in [0.2, 0.25) is 0 Å². The average molecular weight is 223 g/mol. The van der Waals surface area contributed by atoms with Crippen molar-refractivity contribution in [3.63, 3.8) is 0 Å². The summed E-state index contributed by atoms with van der Waals surface area (Å²) >= 11 is 0. The minimum absolute atomic E-state index is 0.0855. The highest BCUT2D eigenvalue weighted by atomic mass is 16.5. The molecule has 1 fully saturated rings. The Kier molecular flexibility index (Phi) is 3.28. The molecule has 1 aromatic rings. The van der Waals surface area contributed by atoms with Crippen molar-refractivity contribution in [2.75, 3.05) is 13.1 Å². The Morgan fingerprint density at radius 1 is 1.50 bits per heavy atom. The van der Waals surface area contributed by atoms with E-state index in [4.69, 9.17) is 4.52 Å². The molecule has 1 N–H and O–H groups in total. The van der Waals surface area contributed by atoms with E-state index >= 15 is 0 Å². The minimum Gasteiger partial charge on any atom is -0.339 e. The summed E-state index contributed by atoms with van der Waals surface area (Å²) in [6.07, 6.45) is 3.06. The second-order valence-corrected chi connectivity index (χ2v) is 5.17. The number of rotatable bonds is 4. The van der Waals surface area contributed by atoms with E-state index in [0.717, 1.165) is 44.1 Å². The predicted octanol–water partition coefficient (Wildman–Crippen LogP) is 1.91. The molecule has 0 saturated carbocycles. The van der Waals surface area contributed by atoms with Crippen LogP contribution in [-0.4, -0.2) is 23.2 Å². The molecule has 1 aliphatic rings. The molecule has 1 saturated heterocycles. The lowest BCUT2D eigenvalue weighted by molar-refractivity contribution is 0.283. The third-order valence-electron chi connectivity index (χ3n) is 3.43. The summed E-state index contributed by atoms with van der Waals surface area (Å²) in [6.45, 7) is 8.55. The summed E-state index contributed by atoms with van der Waals surface area (Å²) in [5, 5.41) is 7.46. The van der Waals surface area contributed by atoms with Crippen molar-refractivity contribution in [1.82, 2.24) is 15.5 Å². The van der Waals surface area contributed by atoms with Crippen molar-refractivity contribution >= 4 is 0 Å². The number of nitrogens with one attached hydrogen (secondary N) is 1. The Hall–Kier alpha value is -0.900. The molecular weight excluding hydrogens is 202 g/mol. The molecule has 0 aliphatic carbocycles. The quantitative estimate of drug-likeness (QED) is 0.847. The van der Waals surface area contributed by atoms with Crippen LogP contribution in [0, 0.1) is 5.92 Å². The molecule has 16 heavy (non-hydrogen) atoms. The normalized spacial score (nSPS) is 25.5. The number of hydrogen-bond acceptors (Lipinski definition) is 4. The minimum atomic E-state index is 0.0855. The fourth-order valence-electron chi connectivity index (χ4n) is 2.30. The summed E-state index contributed by atoms with van der Waals surface area (Å²) in [5.41, 5.74) is 0.0855. The Morgan fingerprint density at radius 3 is 2.88 bits per heavy atom. The van der Waals surface area contributed by atoms with Gasteiger partial charge in [0.15, 0.2) is 5.82 Å².